The first-order valence-corrected chi connectivity index (χ1v) is 3.64. The van der Waals surface area contributed by atoms with E-state index in [4.69, 9.17) is 0 Å². The zero-order valence-corrected chi connectivity index (χ0v) is 5.39. The lowest BCUT2D eigenvalue weighted by Crippen LogP contribution is -3.11. The molecule has 2 aliphatic heterocycles. The van der Waals surface area contributed by atoms with Gasteiger partial charge in [-0.1, -0.05) is 0 Å². The molecule has 2 aliphatic rings. The second-order valence-electron chi connectivity index (χ2n) is 2.99. The first-order chi connectivity index (χ1) is 4.38. The predicted molar refractivity (Wildman–Crippen MR) is 33.7 cm³/mol. The van der Waals surface area contributed by atoms with Crippen LogP contribution in [0.5, 0.6) is 0 Å². The molecule has 0 saturated carbocycles. The highest BCUT2D eigenvalue weighted by Gasteiger charge is 2.37. The second-order valence-corrected chi connectivity index (χ2v) is 2.99. The quantitative estimate of drug-likeness (QED) is 0.398. The number of quaternary nitrogens is 1. The molecule has 0 amide bonds. The van der Waals surface area contributed by atoms with Gasteiger partial charge in [-0.15, -0.1) is 0 Å². The molecule has 2 saturated heterocycles. The molecular formula is C6H12N2O. The summed E-state index contributed by atoms with van der Waals surface area (Å²) in [5.74, 6) is 0.692. The number of hydrogen-bond donors (Lipinski definition) is 2. The van der Waals surface area contributed by atoms with E-state index in [-0.39, 0.29) is 6.17 Å². The van der Waals surface area contributed by atoms with Crippen molar-refractivity contribution in [3.63, 3.8) is 0 Å². The van der Waals surface area contributed by atoms with Crippen molar-refractivity contribution in [2.24, 2.45) is 5.92 Å². The van der Waals surface area contributed by atoms with Crippen LogP contribution in [0.1, 0.15) is 12.8 Å². The minimum Gasteiger partial charge on any atom is -0.633 e. The van der Waals surface area contributed by atoms with Gasteiger partial charge in [0.15, 0.2) is 0 Å². The highest BCUT2D eigenvalue weighted by Crippen LogP contribution is 2.18. The maximum Gasteiger partial charge on any atom is 0.144 e. The van der Waals surface area contributed by atoms with Crippen molar-refractivity contribution in [2.75, 3.05) is 13.1 Å². The smallest absolute Gasteiger partial charge is 0.144 e. The van der Waals surface area contributed by atoms with Gasteiger partial charge in [-0.25, -0.2) is 0 Å². The van der Waals surface area contributed by atoms with Gasteiger partial charge in [0.2, 0.25) is 0 Å². The van der Waals surface area contributed by atoms with Crippen molar-refractivity contribution < 1.29 is 5.06 Å². The van der Waals surface area contributed by atoms with Crippen LogP contribution in [-0.2, 0) is 0 Å². The van der Waals surface area contributed by atoms with Crippen LogP contribution in [0.3, 0.4) is 0 Å². The summed E-state index contributed by atoms with van der Waals surface area (Å²) in [5.41, 5.74) is 0. The van der Waals surface area contributed by atoms with Gasteiger partial charge in [0.1, 0.15) is 6.17 Å². The fourth-order valence-electron chi connectivity index (χ4n) is 1.93. The van der Waals surface area contributed by atoms with E-state index < -0.39 is 0 Å². The molecule has 0 aromatic rings. The maximum atomic E-state index is 11.0. The first kappa shape index (κ1) is 5.65. The monoisotopic (exact) mass is 128 g/mol. The molecule has 0 aromatic heterocycles. The Hall–Kier alpha value is -0.120. The largest absolute Gasteiger partial charge is 0.633 e. The Balaban J connectivity index is 2.07. The number of rotatable bonds is 0. The lowest BCUT2D eigenvalue weighted by atomic mass is 10.1. The molecular weight excluding hydrogens is 116 g/mol. The molecule has 52 valence electrons. The van der Waals surface area contributed by atoms with Crippen LogP contribution in [0.4, 0.5) is 0 Å². The molecule has 2 N–H and O–H groups in total. The van der Waals surface area contributed by atoms with E-state index >= 15 is 0 Å². The Morgan fingerprint density at radius 2 is 2.33 bits per heavy atom. The molecule has 3 atom stereocenters. The summed E-state index contributed by atoms with van der Waals surface area (Å²) in [6.45, 7) is 1.88. The fourth-order valence-corrected chi connectivity index (χ4v) is 1.93. The molecule has 0 aliphatic carbocycles. The summed E-state index contributed by atoms with van der Waals surface area (Å²) in [6, 6.07) is 0. The van der Waals surface area contributed by atoms with Gasteiger partial charge in [-0.05, 0) is 6.42 Å². The molecule has 3 nitrogen and oxygen atoms in total. The molecule has 2 heterocycles. The Bertz CT molecular complexity index is 118. The predicted octanol–water partition coefficient (Wildman–Crippen LogP) is -1.29. The van der Waals surface area contributed by atoms with Crippen LogP contribution in [0.25, 0.3) is 0 Å². The van der Waals surface area contributed by atoms with Crippen molar-refractivity contribution in [3.05, 3.63) is 5.21 Å². The third-order valence-corrected chi connectivity index (χ3v) is 2.46. The van der Waals surface area contributed by atoms with E-state index in [2.05, 4.69) is 5.32 Å². The molecule has 2 rings (SSSR count). The molecule has 9 heavy (non-hydrogen) atoms. The van der Waals surface area contributed by atoms with Crippen LogP contribution < -0.4 is 10.4 Å². The number of nitrogens with one attached hydrogen (secondary N) is 2. The number of fused-ring (bicyclic) bond motifs is 1. The van der Waals surface area contributed by atoms with Crippen LogP contribution >= 0.6 is 0 Å². The highest BCUT2D eigenvalue weighted by atomic mass is 16.5. The Morgan fingerprint density at radius 3 is 3.11 bits per heavy atom. The van der Waals surface area contributed by atoms with Crippen molar-refractivity contribution in [1.82, 2.24) is 5.32 Å². The molecule has 3 unspecified atom stereocenters. The van der Waals surface area contributed by atoms with Gasteiger partial charge in [-0.2, -0.15) is 0 Å². The summed E-state index contributed by atoms with van der Waals surface area (Å²) < 4.78 is 0. The van der Waals surface area contributed by atoms with Gasteiger partial charge < -0.3 is 10.3 Å². The minimum absolute atomic E-state index is 0.255. The van der Waals surface area contributed by atoms with E-state index in [9.17, 15) is 5.21 Å². The summed E-state index contributed by atoms with van der Waals surface area (Å²) in [6.07, 6.45) is 2.61. The van der Waals surface area contributed by atoms with E-state index in [1.807, 2.05) is 0 Å². The molecule has 0 bridgehead atoms. The van der Waals surface area contributed by atoms with E-state index in [0.29, 0.717) is 11.0 Å². The lowest BCUT2D eigenvalue weighted by Gasteiger charge is -2.22. The molecule has 0 radical (unpaired) electrons. The summed E-state index contributed by atoms with van der Waals surface area (Å²) in [5, 5.41) is 14.7. The van der Waals surface area contributed by atoms with Gasteiger partial charge >= 0.3 is 0 Å². The van der Waals surface area contributed by atoms with Crippen LogP contribution in [-0.4, -0.2) is 19.3 Å². The molecule has 0 aromatic carbocycles. The zero-order chi connectivity index (χ0) is 6.27. The second kappa shape index (κ2) is 1.94. The fraction of sp³-hybridized carbons (Fsp3) is 1.00. The maximum absolute atomic E-state index is 11.0. The third-order valence-electron chi connectivity index (χ3n) is 2.46. The highest BCUT2D eigenvalue weighted by molar-refractivity contribution is 4.79. The van der Waals surface area contributed by atoms with Crippen molar-refractivity contribution >= 4 is 0 Å². The molecule has 0 spiro atoms. The Labute approximate surface area is 54.6 Å². The lowest BCUT2D eigenvalue weighted by molar-refractivity contribution is -0.865. The van der Waals surface area contributed by atoms with E-state index in [1.54, 1.807) is 0 Å². The van der Waals surface area contributed by atoms with E-state index in [1.165, 1.54) is 6.42 Å². The Kier molecular flexibility index (Phi) is 1.22. The van der Waals surface area contributed by atoms with Gasteiger partial charge in [-0.3, -0.25) is 5.32 Å². The van der Waals surface area contributed by atoms with Crippen molar-refractivity contribution in [2.45, 2.75) is 19.0 Å². The number of hydrogen-bond acceptors (Lipinski definition) is 2. The number of hydroxylamine groups is 2. The van der Waals surface area contributed by atoms with Crippen molar-refractivity contribution in [1.29, 1.82) is 0 Å². The average Bonchev–Trinajstić information content (AvgIpc) is 2.35. The normalized spacial score (nSPS) is 49.7. The standard InChI is InChI=1S/C6H12N2O/c9-8-4-2-5-1-3-7-6(5)8/h5-8H,1-4H2. The van der Waals surface area contributed by atoms with Crippen molar-refractivity contribution in [3.8, 4) is 0 Å². The third kappa shape index (κ3) is 0.764. The van der Waals surface area contributed by atoms with E-state index in [0.717, 1.165) is 19.5 Å². The molecule has 3 heteroatoms. The molecule has 2 fully saturated rings. The zero-order valence-electron chi connectivity index (χ0n) is 5.39. The Morgan fingerprint density at radius 1 is 1.44 bits per heavy atom. The van der Waals surface area contributed by atoms with Gasteiger partial charge in [0.05, 0.1) is 6.54 Å². The van der Waals surface area contributed by atoms with Gasteiger partial charge in [0.25, 0.3) is 0 Å². The summed E-state index contributed by atoms with van der Waals surface area (Å²) in [7, 11) is 0. The topological polar surface area (TPSA) is 39.5 Å². The SMILES string of the molecule is [O-][NH+]1CCC2CCNC21. The van der Waals surface area contributed by atoms with Crippen LogP contribution in [0.2, 0.25) is 0 Å². The van der Waals surface area contributed by atoms with Gasteiger partial charge in [0, 0.05) is 18.9 Å². The summed E-state index contributed by atoms with van der Waals surface area (Å²) >= 11 is 0. The first-order valence-electron chi connectivity index (χ1n) is 3.64. The van der Waals surface area contributed by atoms with Crippen LogP contribution in [0, 0.1) is 11.1 Å². The minimum atomic E-state index is 0.255. The van der Waals surface area contributed by atoms with Crippen LogP contribution in [0.15, 0.2) is 0 Å². The summed E-state index contributed by atoms with van der Waals surface area (Å²) in [4.78, 5) is 0. The average molecular weight is 128 g/mol.